The fourth-order valence-corrected chi connectivity index (χ4v) is 6.13. The zero-order chi connectivity index (χ0) is 16.7. The van der Waals surface area contributed by atoms with Crippen molar-refractivity contribution in [3.63, 3.8) is 0 Å². The van der Waals surface area contributed by atoms with Crippen LogP contribution < -0.4 is 5.32 Å². The second kappa shape index (κ2) is 6.20. The van der Waals surface area contributed by atoms with Crippen molar-refractivity contribution < 1.29 is 4.79 Å². The molecule has 0 aromatic heterocycles. The standard InChI is InChI=1S/C22H31NO/c1-15(2)6-16-4-3-5-17(7-16)11-21(24)23-22-12-18-8-19(13-22)10-20(9-18)14-22/h3-5,7,15,18-20H,6,8-14H2,1-2H3,(H,23,24). The molecule has 0 atom stereocenters. The van der Waals surface area contributed by atoms with Crippen molar-refractivity contribution in [3.05, 3.63) is 35.4 Å². The maximum atomic E-state index is 12.7. The first-order valence-corrected chi connectivity index (χ1v) is 9.88. The molecule has 4 bridgehead atoms. The first-order chi connectivity index (χ1) is 11.5. The quantitative estimate of drug-likeness (QED) is 0.848. The van der Waals surface area contributed by atoms with Gasteiger partial charge in [0, 0.05) is 5.54 Å². The first kappa shape index (κ1) is 16.2. The second-order valence-electron chi connectivity index (χ2n) is 9.34. The molecule has 4 saturated carbocycles. The number of amides is 1. The fourth-order valence-electron chi connectivity index (χ4n) is 6.13. The van der Waals surface area contributed by atoms with E-state index in [-0.39, 0.29) is 11.4 Å². The molecule has 24 heavy (non-hydrogen) atoms. The maximum absolute atomic E-state index is 12.7. The largest absolute Gasteiger partial charge is 0.350 e. The van der Waals surface area contributed by atoms with Gasteiger partial charge < -0.3 is 5.32 Å². The summed E-state index contributed by atoms with van der Waals surface area (Å²) < 4.78 is 0. The van der Waals surface area contributed by atoms with Gasteiger partial charge in [0.1, 0.15) is 0 Å². The monoisotopic (exact) mass is 325 g/mol. The van der Waals surface area contributed by atoms with Gasteiger partial charge in [-0.3, -0.25) is 4.79 Å². The SMILES string of the molecule is CC(C)Cc1cccc(CC(=O)NC23CC4CC(CC(C4)C2)C3)c1. The zero-order valence-corrected chi connectivity index (χ0v) is 15.2. The van der Waals surface area contributed by atoms with Crippen molar-refractivity contribution in [1.29, 1.82) is 0 Å². The van der Waals surface area contributed by atoms with Crippen molar-refractivity contribution >= 4 is 5.91 Å². The molecule has 0 spiro atoms. The number of carbonyl (C=O) groups is 1. The molecule has 0 unspecified atom stereocenters. The summed E-state index contributed by atoms with van der Waals surface area (Å²) in [5, 5.41) is 3.49. The van der Waals surface area contributed by atoms with Crippen molar-refractivity contribution in [2.45, 2.75) is 70.8 Å². The van der Waals surface area contributed by atoms with Gasteiger partial charge in [-0.15, -0.1) is 0 Å². The lowest BCUT2D eigenvalue weighted by Gasteiger charge is -2.56. The van der Waals surface area contributed by atoms with E-state index >= 15 is 0 Å². The number of carbonyl (C=O) groups excluding carboxylic acids is 1. The van der Waals surface area contributed by atoms with Gasteiger partial charge >= 0.3 is 0 Å². The lowest BCUT2D eigenvalue weighted by atomic mass is 9.53. The van der Waals surface area contributed by atoms with Crippen LogP contribution in [0.1, 0.15) is 63.5 Å². The average Bonchev–Trinajstić information content (AvgIpc) is 2.44. The highest BCUT2D eigenvalue weighted by atomic mass is 16.1. The Balaban J connectivity index is 1.40. The van der Waals surface area contributed by atoms with E-state index in [4.69, 9.17) is 0 Å². The van der Waals surface area contributed by atoms with Crippen molar-refractivity contribution in [1.82, 2.24) is 5.32 Å². The first-order valence-electron chi connectivity index (χ1n) is 9.88. The van der Waals surface area contributed by atoms with E-state index in [0.29, 0.717) is 12.3 Å². The summed E-state index contributed by atoms with van der Waals surface area (Å²) in [7, 11) is 0. The molecule has 4 aliphatic rings. The molecule has 0 heterocycles. The van der Waals surface area contributed by atoms with Gasteiger partial charge in [0.15, 0.2) is 0 Å². The Morgan fingerprint density at radius 2 is 1.67 bits per heavy atom. The molecule has 4 aliphatic carbocycles. The third-order valence-electron chi connectivity index (χ3n) is 6.44. The predicted molar refractivity (Wildman–Crippen MR) is 97.7 cm³/mol. The highest BCUT2D eigenvalue weighted by Crippen LogP contribution is 2.55. The average molecular weight is 325 g/mol. The molecule has 0 radical (unpaired) electrons. The van der Waals surface area contributed by atoms with Crippen molar-refractivity contribution in [2.75, 3.05) is 0 Å². The molecule has 1 amide bonds. The highest BCUT2D eigenvalue weighted by molar-refractivity contribution is 5.79. The summed E-state index contributed by atoms with van der Waals surface area (Å²) in [5.74, 6) is 3.53. The van der Waals surface area contributed by atoms with E-state index in [0.717, 1.165) is 29.7 Å². The van der Waals surface area contributed by atoms with Gasteiger partial charge in [-0.05, 0) is 79.7 Å². The zero-order valence-electron chi connectivity index (χ0n) is 15.2. The molecule has 1 aromatic rings. The van der Waals surface area contributed by atoms with Gasteiger partial charge in [0.05, 0.1) is 6.42 Å². The third kappa shape index (κ3) is 3.38. The molecule has 2 nitrogen and oxygen atoms in total. The van der Waals surface area contributed by atoms with Gasteiger partial charge in [0.2, 0.25) is 5.91 Å². The van der Waals surface area contributed by atoms with Crippen LogP contribution >= 0.6 is 0 Å². The smallest absolute Gasteiger partial charge is 0.224 e. The lowest BCUT2D eigenvalue weighted by molar-refractivity contribution is -0.126. The number of benzene rings is 1. The van der Waals surface area contributed by atoms with Crippen LogP contribution in [-0.4, -0.2) is 11.4 Å². The van der Waals surface area contributed by atoms with Crippen LogP contribution in [0.2, 0.25) is 0 Å². The molecule has 1 N–H and O–H groups in total. The molecule has 0 saturated heterocycles. The summed E-state index contributed by atoms with van der Waals surface area (Å²) in [6.07, 6.45) is 9.59. The minimum atomic E-state index is 0.140. The van der Waals surface area contributed by atoms with Crippen molar-refractivity contribution in [2.24, 2.45) is 23.7 Å². The summed E-state index contributed by atoms with van der Waals surface area (Å²) in [6.45, 7) is 4.48. The Morgan fingerprint density at radius 3 is 2.25 bits per heavy atom. The molecule has 2 heteroatoms. The van der Waals surface area contributed by atoms with Gasteiger partial charge in [0.25, 0.3) is 0 Å². The Morgan fingerprint density at radius 1 is 1.08 bits per heavy atom. The summed E-state index contributed by atoms with van der Waals surface area (Å²) in [4.78, 5) is 12.7. The molecule has 4 fully saturated rings. The minimum Gasteiger partial charge on any atom is -0.350 e. The number of hydrogen-bond donors (Lipinski definition) is 1. The second-order valence-corrected chi connectivity index (χ2v) is 9.34. The Kier molecular flexibility index (Phi) is 4.18. The Labute approximate surface area is 146 Å². The van der Waals surface area contributed by atoms with Gasteiger partial charge in [-0.1, -0.05) is 38.1 Å². The molecule has 130 valence electrons. The summed E-state index contributed by atoms with van der Waals surface area (Å²) >= 11 is 0. The van der Waals surface area contributed by atoms with E-state index in [1.807, 2.05) is 0 Å². The molecule has 0 aliphatic heterocycles. The van der Waals surface area contributed by atoms with Crippen LogP contribution in [0, 0.1) is 23.7 Å². The van der Waals surface area contributed by atoms with Crippen LogP contribution in [0.3, 0.4) is 0 Å². The summed E-state index contributed by atoms with van der Waals surface area (Å²) in [6, 6.07) is 8.61. The molecule has 5 rings (SSSR count). The number of nitrogens with one attached hydrogen (secondary N) is 1. The van der Waals surface area contributed by atoms with E-state index in [2.05, 4.69) is 43.4 Å². The molecular weight excluding hydrogens is 294 g/mol. The van der Waals surface area contributed by atoms with E-state index < -0.39 is 0 Å². The minimum absolute atomic E-state index is 0.140. The van der Waals surface area contributed by atoms with Crippen molar-refractivity contribution in [3.8, 4) is 0 Å². The Hall–Kier alpha value is -1.31. The van der Waals surface area contributed by atoms with Crippen LogP contribution in [0.4, 0.5) is 0 Å². The van der Waals surface area contributed by atoms with Crippen LogP contribution in [-0.2, 0) is 17.6 Å². The highest BCUT2D eigenvalue weighted by Gasteiger charge is 2.51. The topological polar surface area (TPSA) is 29.1 Å². The van der Waals surface area contributed by atoms with Crippen LogP contribution in [0.5, 0.6) is 0 Å². The maximum Gasteiger partial charge on any atom is 0.224 e. The van der Waals surface area contributed by atoms with E-state index in [1.54, 1.807) is 0 Å². The third-order valence-corrected chi connectivity index (χ3v) is 6.44. The van der Waals surface area contributed by atoms with Crippen LogP contribution in [0.15, 0.2) is 24.3 Å². The van der Waals surface area contributed by atoms with Gasteiger partial charge in [-0.25, -0.2) is 0 Å². The van der Waals surface area contributed by atoms with E-state index in [9.17, 15) is 4.79 Å². The number of rotatable bonds is 5. The molecule has 1 aromatic carbocycles. The summed E-state index contributed by atoms with van der Waals surface area (Å²) in [5.41, 5.74) is 2.65. The number of hydrogen-bond acceptors (Lipinski definition) is 1. The predicted octanol–water partition coefficient (Wildman–Crippen LogP) is 4.51. The normalized spacial score (nSPS) is 33.9. The Bertz CT molecular complexity index is 583. The fraction of sp³-hybridized carbons (Fsp3) is 0.682. The van der Waals surface area contributed by atoms with E-state index in [1.165, 1.54) is 44.1 Å². The lowest BCUT2D eigenvalue weighted by Crippen LogP contribution is -2.60. The molecular formula is C22H31NO. The van der Waals surface area contributed by atoms with Gasteiger partial charge in [-0.2, -0.15) is 0 Å². The van der Waals surface area contributed by atoms with Crippen LogP contribution in [0.25, 0.3) is 0 Å².